The number of hydrogen-bond donors (Lipinski definition) is 0. The molecule has 0 N–H and O–H groups in total. The van der Waals surface area contributed by atoms with E-state index in [4.69, 9.17) is 11.6 Å². The van der Waals surface area contributed by atoms with Crippen LogP contribution in [0.15, 0.2) is 54.0 Å². The molecule has 0 aliphatic heterocycles. The zero-order valence-electron chi connectivity index (χ0n) is 11.8. The van der Waals surface area contributed by atoms with Crippen molar-refractivity contribution in [3.63, 3.8) is 0 Å². The summed E-state index contributed by atoms with van der Waals surface area (Å²) in [5, 5.41) is 12.0. The monoisotopic (exact) mass is 339 g/mol. The molecule has 4 nitrogen and oxygen atoms in total. The summed E-state index contributed by atoms with van der Waals surface area (Å²) in [7, 11) is 0. The molecular weight excluding hydrogens is 330 g/mol. The van der Waals surface area contributed by atoms with Gasteiger partial charge in [-0.2, -0.15) is 5.26 Å². The molecule has 0 saturated heterocycles. The van der Waals surface area contributed by atoms with Crippen molar-refractivity contribution < 1.29 is 4.79 Å². The van der Waals surface area contributed by atoms with Crippen LogP contribution in [0.3, 0.4) is 0 Å². The standard InChI is InChI=1S/C17H10ClN3OS/c18-13-6-2-1-5-11(13)16(22)12(9-19)17-21-15(10-23-17)14-7-3-4-8-20-14/h1-8,10,12H. The number of pyridine rings is 1. The van der Waals surface area contributed by atoms with Gasteiger partial charge in [0.25, 0.3) is 0 Å². The number of thiazole rings is 1. The Morgan fingerprint density at radius 2 is 1.96 bits per heavy atom. The van der Waals surface area contributed by atoms with E-state index in [9.17, 15) is 10.1 Å². The Morgan fingerprint density at radius 3 is 2.65 bits per heavy atom. The predicted molar refractivity (Wildman–Crippen MR) is 89.5 cm³/mol. The van der Waals surface area contributed by atoms with Crippen molar-refractivity contribution >= 4 is 28.7 Å². The number of ketones is 1. The average molecular weight is 340 g/mol. The van der Waals surface area contributed by atoms with Gasteiger partial charge in [0.1, 0.15) is 5.01 Å². The van der Waals surface area contributed by atoms with Crippen molar-refractivity contribution in [3.05, 3.63) is 69.6 Å². The van der Waals surface area contributed by atoms with E-state index in [1.165, 1.54) is 11.3 Å². The maximum absolute atomic E-state index is 12.6. The normalized spacial score (nSPS) is 11.7. The third-order valence-corrected chi connectivity index (χ3v) is 4.47. The minimum atomic E-state index is -0.975. The van der Waals surface area contributed by atoms with E-state index in [-0.39, 0.29) is 5.78 Å². The molecule has 3 aromatic rings. The number of aromatic nitrogens is 2. The quantitative estimate of drug-likeness (QED) is 0.663. The summed E-state index contributed by atoms with van der Waals surface area (Å²) in [5.41, 5.74) is 1.69. The molecule has 3 rings (SSSR count). The fraction of sp³-hybridized carbons (Fsp3) is 0.0588. The Bertz CT molecular complexity index is 886. The first-order chi connectivity index (χ1) is 11.2. The van der Waals surface area contributed by atoms with Crippen LogP contribution in [-0.2, 0) is 0 Å². The first kappa shape index (κ1) is 15.3. The van der Waals surface area contributed by atoms with Gasteiger partial charge in [0.15, 0.2) is 11.7 Å². The Balaban J connectivity index is 1.94. The van der Waals surface area contributed by atoms with Gasteiger partial charge in [-0.3, -0.25) is 9.78 Å². The summed E-state index contributed by atoms with van der Waals surface area (Å²) in [6.07, 6.45) is 1.67. The lowest BCUT2D eigenvalue weighted by molar-refractivity contribution is 0.0979. The van der Waals surface area contributed by atoms with Crippen LogP contribution in [0.4, 0.5) is 0 Å². The number of benzene rings is 1. The Kier molecular flexibility index (Phi) is 4.47. The third kappa shape index (κ3) is 3.14. The fourth-order valence-electron chi connectivity index (χ4n) is 2.09. The topological polar surface area (TPSA) is 66.6 Å². The lowest BCUT2D eigenvalue weighted by atomic mass is 9.99. The van der Waals surface area contributed by atoms with Crippen molar-refractivity contribution in [1.82, 2.24) is 9.97 Å². The molecule has 0 saturated carbocycles. The maximum atomic E-state index is 12.6. The van der Waals surface area contributed by atoms with Crippen molar-refractivity contribution in [2.24, 2.45) is 0 Å². The molecular formula is C17H10ClN3OS. The zero-order chi connectivity index (χ0) is 16.2. The van der Waals surface area contributed by atoms with Crippen LogP contribution in [0.2, 0.25) is 5.02 Å². The van der Waals surface area contributed by atoms with Crippen molar-refractivity contribution in [3.8, 4) is 17.5 Å². The molecule has 1 unspecified atom stereocenters. The summed E-state index contributed by atoms with van der Waals surface area (Å²) in [4.78, 5) is 21.2. The molecule has 0 bridgehead atoms. The molecule has 1 atom stereocenters. The summed E-state index contributed by atoms with van der Waals surface area (Å²) in [6, 6.07) is 14.2. The van der Waals surface area contributed by atoms with Gasteiger partial charge in [-0.15, -0.1) is 11.3 Å². The smallest absolute Gasteiger partial charge is 0.188 e. The first-order valence-electron chi connectivity index (χ1n) is 6.76. The molecule has 0 amide bonds. The van der Waals surface area contributed by atoms with E-state index in [0.717, 1.165) is 0 Å². The van der Waals surface area contributed by atoms with Crippen LogP contribution in [0.25, 0.3) is 11.4 Å². The molecule has 0 spiro atoms. The second-order valence-corrected chi connectivity index (χ2v) is 5.99. The molecule has 0 aliphatic carbocycles. The Labute approximate surface area is 142 Å². The largest absolute Gasteiger partial charge is 0.292 e. The minimum Gasteiger partial charge on any atom is -0.292 e. The van der Waals surface area contributed by atoms with Gasteiger partial charge in [-0.1, -0.05) is 29.8 Å². The van der Waals surface area contributed by atoms with Crippen LogP contribution < -0.4 is 0 Å². The van der Waals surface area contributed by atoms with E-state index >= 15 is 0 Å². The number of rotatable bonds is 4. The highest BCUT2D eigenvalue weighted by atomic mass is 35.5. The molecule has 0 aliphatic rings. The molecule has 0 radical (unpaired) electrons. The minimum absolute atomic E-state index is 0.329. The SMILES string of the molecule is N#CC(C(=O)c1ccccc1Cl)c1nc(-c2ccccn2)cs1. The summed E-state index contributed by atoms with van der Waals surface area (Å²) in [5.74, 6) is -1.32. The number of halogens is 1. The number of hydrogen-bond acceptors (Lipinski definition) is 5. The number of Topliss-reactive ketones (excluding diaryl/α,β-unsaturated/α-hetero) is 1. The van der Waals surface area contributed by atoms with E-state index in [1.807, 2.05) is 24.3 Å². The molecule has 112 valence electrons. The lowest BCUT2D eigenvalue weighted by Crippen LogP contribution is -2.11. The first-order valence-corrected chi connectivity index (χ1v) is 8.01. The second kappa shape index (κ2) is 6.69. The van der Waals surface area contributed by atoms with Gasteiger partial charge < -0.3 is 0 Å². The molecule has 23 heavy (non-hydrogen) atoms. The van der Waals surface area contributed by atoms with Crippen LogP contribution in [-0.4, -0.2) is 15.8 Å². The van der Waals surface area contributed by atoms with E-state index < -0.39 is 5.92 Å². The maximum Gasteiger partial charge on any atom is 0.188 e. The van der Waals surface area contributed by atoms with Crippen LogP contribution in [0, 0.1) is 11.3 Å². The van der Waals surface area contributed by atoms with Gasteiger partial charge in [-0.05, 0) is 24.3 Å². The van der Waals surface area contributed by atoms with Crippen LogP contribution in [0.1, 0.15) is 21.3 Å². The van der Waals surface area contributed by atoms with E-state index in [2.05, 4.69) is 9.97 Å². The van der Waals surface area contributed by atoms with Gasteiger partial charge in [0.2, 0.25) is 0 Å². The number of nitrogens with zero attached hydrogens (tertiary/aromatic N) is 3. The van der Waals surface area contributed by atoms with E-state index in [1.54, 1.807) is 35.8 Å². The molecule has 0 fully saturated rings. The second-order valence-electron chi connectivity index (χ2n) is 4.69. The fourth-order valence-corrected chi connectivity index (χ4v) is 3.18. The predicted octanol–water partition coefficient (Wildman–Crippen LogP) is 4.35. The van der Waals surface area contributed by atoms with Crippen molar-refractivity contribution in [1.29, 1.82) is 5.26 Å². The number of nitriles is 1. The molecule has 2 aromatic heterocycles. The summed E-state index contributed by atoms with van der Waals surface area (Å²) in [6.45, 7) is 0. The van der Waals surface area contributed by atoms with Gasteiger partial charge in [0.05, 0.1) is 22.5 Å². The zero-order valence-corrected chi connectivity index (χ0v) is 13.4. The lowest BCUT2D eigenvalue weighted by Gasteiger charge is -2.06. The third-order valence-electron chi connectivity index (χ3n) is 3.23. The number of carbonyl (C=O) groups is 1. The molecule has 6 heteroatoms. The average Bonchev–Trinajstić information content (AvgIpc) is 3.06. The van der Waals surface area contributed by atoms with Gasteiger partial charge in [-0.25, -0.2) is 4.98 Å². The van der Waals surface area contributed by atoms with Crippen LogP contribution in [0.5, 0.6) is 0 Å². The Morgan fingerprint density at radius 1 is 1.17 bits per heavy atom. The summed E-state index contributed by atoms with van der Waals surface area (Å²) < 4.78 is 0. The van der Waals surface area contributed by atoms with Gasteiger partial charge >= 0.3 is 0 Å². The highest BCUT2D eigenvalue weighted by Gasteiger charge is 2.26. The van der Waals surface area contributed by atoms with Gasteiger partial charge in [0, 0.05) is 17.1 Å². The highest BCUT2D eigenvalue weighted by molar-refractivity contribution is 7.10. The highest BCUT2D eigenvalue weighted by Crippen LogP contribution is 2.29. The number of carbonyl (C=O) groups excluding carboxylic acids is 1. The molecule has 1 aromatic carbocycles. The van der Waals surface area contributed by atoms with E-state index in [0.29, 0.717) is 27.0 Å². The Hall–Kier alpha value is -2.55. The molecule has 2 heterocycles. The van der Waals surface area contributed by atoms with Crippen molar-refractivity contribution in [2.75, 3.05) is 0 Å². The van der Waals surface area contributed by atoms with Crippen LogP contribution >= 0.6 is 22.9 Å². The summed E-state index contributed by atoms with van der Waals surface area (Å²) >= 11 is 7.32. The van der Waals surface area contributed by atoms with Crippen molar-refractivity contribution in [2.45, 2.75) is 5.92 Å².